The molecule has 106 valence electrons. The van der Waals surface area contributed by atoms with E-state index in [-0.39, 0.29) is 12.1 Å². The SMILES string of the molecule is C#CCN1CCCC(NC(=O)OCc2ccccc2)C1. The fourth-order valence-electron chi connectivity index (χ4n) is 2.38. The molecule has 0 aromatic heterocycles. The van der Waals surface area contributed by atoms with Crippen molar-refractivity contribution in [2.45, 2.75) is 25.5 Å². The lowest BCUT2D eigenvalue weighted by Gasteiger charge is -2.31. The van der Waals surface area contributed by atoms with E-state index in [9.17, 15) is 4.79 Å². The van der Waals surface area contributed by atoms with E-state index in [2.05, 4.69) is 16.1 Å². The number of piperidine rings is 1. The Morgan fingerprint density at radius 3 is 3.00 bits per heavy atom. The van der Waals surface area contributed by atoms with Gasteiger partial charge in [-0.25, -0.2) is 4.79 Å². The summed E-state index contributed by atoms with van der Waals surface area (Å²) in [6, 6.07) is 9.78. The number of benzene rings is 1. The topological polar surface area (TPSA) is 41.6 Å². The van der Waals surface area contributed by atoms with Crippen LogP contribution in [-0.2, 0) is 11.3 Å². The van der Waals surface area contributed by atoms with Gasteiger partial charge in [-0.15, -0.1) is 6.42 Å². The minimum Gasteiger partial charge on any atom is -0.445 e. The molecule has 1 aromatic rings. The van der Waals surface area contributed by atoms with Crippen LogP contribution >= 0.6 is 0 Å². The van der Waals surface area contributed by atoms with Gasteiger partial charge in [-0.1, -0.05) is 36.3 Å². The highest BCUT2D eigenvalue weighted by molar-refractivity contribution is 5.67. The summed E-state index contributed by atoms with van der Waals surface area (Å²) in [5, 5.41) is 2.91. The van der Waals surface area contributed by atoms with Gasteiger partial charge >= 0.3 is 6.09 Å². The van der Waals surface area contributed by atoms with E-state index in [1.54, 1.807) is 0 Å². The molecule has 1 fully saturated rings. The third kappa shape index (κ3) is 4.60. The van der Waals surface area contributed by atoms with Crippen molar-refractivity contribution in [2.24, 2.45) is 0 Å². The molecule has 0 saturated carbocycles. The summed E-state index contributed by atoms with van der Waals surface area (Å²) in [7, 11) is 0. The van der Waals surface area contributed by atoms with Gasteiger partial charge in [0, 0.05) is 12.6 Å². The van der Waals surface area contributed by atoms with Gasteiger partial charge in [0.1, 0.15) is 6.61 Å². The first-order valence-electron chi connectivity index (χ1n) is 6.91. The highest BCUT2D eigenvalue weighted by Gasteiger charge is 2.21. The van der Waals surface area contributed by atoms with Crippen LogP contribution in [0, 0.1) is 12.3 Å². The molecule has 4 heteroatoms. The first-order valence-corrected chi connectivity index (χ1v) is 6.91. The van der Waals surface area contributed by atoms with Crippen LogP contribution in [0.2, 0.25) is 0 Å². The van der Waals surface area contributed by atoms with Crippen molar-refractivity contribution in [3.05, 3.63) is 35.9 Å². The number of carbonyl (C=O) groups excluding carboxylic acids is 1. The molecule has 1 aliphatic rings. The number of carbonyl (C=O) groups is 1. The molecule has 4 nitrogen and oxygen atoms in total. The Bertz CT molecular complexity index is 467. The summed E-state index contributed by atoms with van der Waals surface area (Å²) in [4.78, 5) is 13.9. The maximum Gasteiger partial charge on any atom is 0.407 e. The quantitative estimate of drug-likeness (QED) is 0.853. The second kappa shape index (κ2) is 7.56. The van der Waals surface area contributed by atoms with Crippen LogP contribution in [0.25, 0.3) is 0 Å². The van der Waals surface area contributed by atoms with Gasteiger partial charge in [0.05, 0.1) is 6.54 Å². The standard InChI is InChI=1S/C16H20N2O2/c1-2-10-18-11-6-9-15(12-18)17-16(19)20-13-14-7-4-3-5-8-14/h1,3-5,7-8,15H,6,9-13H2,(H,17,19). The summed E-state index contributed by atoms with van der Waals surface area (Å²) in [5.74, 6) is 2.64. The third-order valence-electron chi connectivity index (χ3n) is 3.36. The van der Waals surface area contributed by atoms with Gasteiger partial charge in [0.15, 0.2) is 0 Å². The third-order valence-corrected chi connectivity index (χ3v) is 3.36. The summed E-state index contributed by atoms with van der Waals surface area (Å²) in [6.07, 6.45) is 6.98. The molecule has 0 radical (unpaired) electrons. The van der Waals surface area contributed by atoms with E-state index in [4.69, 9.17) is 11.2 Å². The fourth-order valence-corrected chi connectivity index (χ4v) is 2.38. The first kappa shape index (κ1) is 14.4. The van der Waals surface area contributed by atoms with E-state index in [0.717, 1.165) is 31.5 Å². The average molecular weight is 272 g/mol. The second-order valence-corrected chi connectivity index (χ2v) is 4.98. The summed E-state index contributed by atoms with van der Waals surface area (Å²) >= 11 is 0. The highest BCUT2D eigenvalue weighted by Crippen LogP contribution is 2.10. The normalized spacial score (nSPS) is 19.1. The van der Waals surface area contributed by atoms with Crippen LogP contribution < -0.4 is 5.32 Å². The zero-order valence-corrected chi connectivity index (χ0v) is 11.5. The number of likely N-dealkylation sites (tertiary alicyclic amines) is 1. The van der Waals surface area contributed by atoms with Crippen LogP contribution in [0.1, 0.15) is 18.4 Å². The van der Waals surface area contributed by atoms with E-state index in [1.165, 1.54) is 0 Å². The Kier molecular flexibility index (Phi) is 5.45. The lowest BCUT2D eigenvalue weighted by atomic mass is 10.1. The van der Waals surface area contributed by atoms with Crippen LogP contribution in [0.4, 0.5) is 4.79 Å². The predicted octanol–water partition coefficient (Wildman–Crippen LogP) is 2.01. The molecule has 1 saturated heterocycles. The molecule has 1 unspecified atom stereocenters. The molecule has 0 spiro atoms. The zero-order valence-electron chi connectivity index (χ0n) is 11.5. The maximum absolute atomic E-state index is 11.8. The van der Waals surface area contributed by atoms with Crippen LogP contribution in [0.3, 0.4) is 0 Å². The maximum atomic E-state index is 11.8. The van der Waals surface area contributed by atoms with Crippen LogP contribution in [0.5, 0.6) is 0 Å². The Labute approximate surface area is 120 Å². The Balaban J connectivity index is 1.73. The minimum atomic E-state index is -0.360. The molecule has 1 atom stereocenters. The molecule has 2 rings (SSSR count). The Hall–Kier alpha value is -1.99. The van der Waals surface area contributed by atoms with Crippen molar-refractivity contribution in [3.8, 4) is 12.3 Å². The molecule has 1 amide bonds. The number of rotatable bonds is 4. The van der Waals surface area contributed by atoms with Gasteiger partial charge in [-0.05, 0) is 24.9 Å². The largest absolute Gasteiger partial charge is 0.445 e. The monoisotopic (exact) mass is 272 g/mol. The molecule has 1 aromatic carbocycles. The molecule has 0 bridgehead atoms. The van der Waals surface area contributed by atoms with Crippen molar-refractivity contribution in [2.75, 3.05) is 19.6 Å². The molecular formula is C16H20N2O2. The van der Waals surface area contributed by atoms with E-state index < -0.39 is 0 Å². The van der Waals surface area contributed by atoms with Gasteiger partial charge in [0.2, 0.25) is 0 Å². The average Bonchev–Trinajstić information content (AvgIpc) is 2.47. The van der Waals surface area contributed by atoms with Crippen molar-refractivity contribution >= 4 is 6.09 Å². The van der Waals surface area contributed by atoms with Crippen LogP contribution in [-0.4, -0.2) is 36.7 Å². The van der Waals surface area contributed by atoms with Crippen LogP contribution in [0.15, 0.2) is 30.3 Å². The van der Waals surface area contributed by atoms with E-state index >= 15 is 0 Å². The second-order valence-electron chi connectivity index (χ2n) is 4.98. The van der Waals surface area contributed by atoms with Gasteiger partial charge < -0.3 is 10.1 Å². The molecule has 1 N–H and O–H groups in total. The van der Waals surface area contributed by atoms with Crippen molar-refractivity contribution in [3.63, 3.8) is 0 Å². The summed E-state index contributed by atoms with van der Waals surface area (Å²) in [5.41, 5.74) is 0.986. The number of terminal acetylenes is 1. The first-order chi connectivity index (χ1) is 9.78. The number of nitrogens with one attached hydrogen (secondary N) is 1. The number of nitrogens with zero attached hydrogens (tertiary/aromatic N) is 1. The van der Waals surface area contributed by atoms with E-state index in [0.29, 0.717) is 13.2 Å². The lowest BCUT2D eigenvalue weighted by molar-refractivity contribution is 0.126. The molecule has 1 heterocycles. The summed E-state index contributed by atoms with van der Waals surface area (Å²) < 4.78 is 5.22. The number of alkyl carbamates (subject to hydrolysis) is 1. The smallest absolute Gasteiger partial charge is 0.407 e. The predicted molar refractivity (Wildman–Crippen MR) is 78.1 cm³/mol. The molecule has 0 aliphatic carbocycles. The fraction of sp³-hybridized carbons (Fsp3) is 0.438. The number of hydrogen-bond donors (Lipinski definition) is 1. The Morgan fingerprint density at radius 2 is 2.25 bits per heavy atom. The van der Waals surface area contributed by atoms with Gasteiger partial charge in [-0.3, -0.25) is 4.90 Å². The summed E-state index contributed by atoms with van der Waals surface area (Å²) in [6.45, 7) is 2.73. The molecular weight excluding hydrogens is 252 g/mol. The number of hydrogen-bond acceptors (Lipinski definition) is 3. The zero-order chi connectivity index (χ0) is 14.2. The van der Waals surface area contributed by atoms with Gasteiger partial charge in [0.25, 0.3) is 0 Å². The highest BCUT2D eigenvalue weighted by atomic mass is 16.5. The number of ether oxygens (including phenoxy) is 1. The van der Waals surface area contributed by atoms with Crippen molar-refractivity contribution < 1.29 is 9.53 Å². The van der Waals surface area contributed by atoms with Crippen molar-refractivity contribution in [1.29, 1.82) is 0 Å². The molecule has 1 aliphatic heterocycles. The minimum absolute atomic E-state index is 0.125. The van der Waals surface area contributed by atoms with Crippen molar-refractivity contribution in [1.82, 2.24) is 10.2 Å². The lowest BCUT2D eigenvalue weighted by Crippen LogP contribution is -2.47. The number of amides is 1. The molecule has 20 heavy (non-hydrogen) atoms. The van der Waals surface area contributed by atoms with E-state index in [1.807, 2.05) is 30.3 Å². The van der Waals surface area contributed by atoms with Gasteiger partial charge in [-0.2, -0.15) is 0 Å². The Morgan fingerprint density at radius 1 is 1.45 bits per heavy atom.